The van der Waals surface area contributed by atoms with Crippen molar-refractivity contribution in [2.75, 3.05) is 12.4 Å². The molecule has 0 aliphatic heterocycles. The van der Waals surface area contributed by atoms with E-state index in [0.29, 0.717) is 11.6 Å². The summed E-state index contributed by atoms with van der Waals surface area (Å²) in [6.45, 7) is 1.88. The fourth-order valence-corrected chi connectivity index (χ4v) is 1.47. The normalized spacial score (nSPS) is 9.62. The van der Waals surface area contributed by atoms with Gasteiger partial charge in [0.05, 0.1) is 12.5 Å². The first-order chi connectivity index (χ1) is 7.65. The molecule has 0 aromatic carbocycles. The number of amides is 1. The minimum atomic E-state index is -0.610. The lowest BCUT2D eigenvalue weighted by atomic mass is 10.3. The Kier molecular flexibility index (Phi) is 4.71. The molecule has 1 amide bonds. The quantitative estimate of drug-likeness (QED) is 0.820. The molecule has 0 aliphatic carbocycles. The summed E-state index contributed by atoms with van der Waals surface area (Å²) in [5, 5.41) is 4.24. The van der Waals surface area contributed by atoms with Crippen LogP contribution in [0, 0.1) is 0 Å². The largest absolute Gasteiger partial charge is 0.453 e. The molecule has 6 nitrogen and oxygen atoms in total. The number of ether oxygens (including phenoxy) is 2. The molecule has 0 atom stereocenters. The molecular weight excluding hydrogens is 232 g/mol. The van der Waals surface area contributed by atoms with Crippen molar-refractivity contribution in [2.45, 2.75) is 19.8 Å². The van der Waals surface area contributed by atoms with E-state index < -0.39 is 6.09 Å². The van der Waals surface area contributed by atoms with Gasteiger partial charge in [0.25, 0.3) is 0 Å². The van der Waals surface area contributed by atoms with Crippen LogP contribution in [0.4, 0.5) is 9.93 Å². The van der Waals surface area contributed by atoms with Crippen molar-refractivity contribution in [3.63, 3.8) is 0 Å². The molecule has 0 radical (unpaired) electrons. The molecule has 0 bridgehead atoms. The molecule has 1 rings (SSSR count). The van der Waals surface area contributed by atoms with Gasteiger partial charge in [-0.05, 0) is 6.42 Å². The lowest BCUT2D eigenvalue weighted by molar-refractivity contribution is -0.134. The SMILES string of the molecule is CCCC(=O)Oc1csc(NC(=O)OC)n1. The van der Waals surface area contributed by atoms with E-state index >= 15 is 0 Å². The molecule has 1 aromatic rings. The second kappa shape index (κ2) is 6.06. The van der Waals surface area contributed by atoms with E-state index in [0.717, 1.165) is 17.8 Å². The van der Waals surface area contributed by atoms with Crippen LogP contribution in [0.25, 0.3) is 0 Å². The van der Waals surface area contributed by atoms with Crippen LogP contribution in [0.5, 0.6) is 5.88 Å². The molecule has 7 heteroatoms. The molecule has 0 aliphatic rings. The van der Waals surface area contributed by atoms with Crippen LogP contribution in [-0.4, -0.2) is 24.2 Å². The molecular formula is C9H12N2O4S. The first kappa shape index (κ1) is 12.4. The number of nitrogens with one attached hydrogen (secondary N) is 1. The molecule has 88 valence electrons. The second-order valence-corrected chi connectivity index (χ2v) is 3.69. The van der Waals surface area contributed by atoms with Gasteiger partial charge in [0.1, 0.15) is 0 Å². The maximum Gasteiger partial charge on any atom is 0.413 e. The third-order valence-corrected chi connectivity index (χ3v) is 2.29. The molecule has 0 saturated heterocycles. The lowest BCUT2D eigenvalue weighted by Gasteiger charge is -1.98. The van der Waals surface area contributed by atoms with Crippen molar-refractivity contribution < 1.29 is 19.1 Å². The summed E-state index contributed by atoms with van der Waals surface area (Å²) in [5.41, 5.74) is 0. The number of methoxy groups -OCH3 is 1. The van der Waals surface area contributed by atoms with Crippen LogP contribution in [0.15, 0.2) is 5.38 Å². The Labute approximate surface area is 96.6 Å². The Morgan fingerprint density at radius 3 is 2.94 bits per heavy atom. The van der Waals surface area contributed by atoms with Gasteiger partial charge in [-0.1, -0.05) is 6.92 Å². The van der Waals surface area contributed by atoms with E-state index in [2.05, 4.69) is 15.0 Å². The number of rotatable bonds is 4. The molecule has 1 N–H and O–H groups in total. The first-order valence-corrected chi connectivity index (χ1v) is 5.54. The van der Waals surface area contributed by atoms with E-state index in [9.17, 15) is 9.59 Å². The summed E-state index contributed by atoms with van der Waals surface area (Å²) < 4.78 is 9.31. The summed E-state index contributed by atoms with van der Waals surface area (Å²) in [6, 6.07) is 0. The highest BCUT2D eigenvalue weighted by Gasteiger charge is 2.09. The van der Waals surface area contributed by atoms with Crippen molar-refractivity contribution in [3.05, 3.63) is 5.38 Å². The maximum absolute atomic E-state index is 11.1. The van der Waals surface area contributed by atoms with Crippen molar-refractivity contribution in [3.8, 4) is 5.88 Å². The highest BCUT2D eigenvalue weighted by molar-refractivity contribution is 7.14. The lowest BCUT2D eigenvalue weighted by Crippen LogP contribution is -2.11. The fraction of sp³-hybridized carbons (Fsp3) is 0.444. The summed E-state index contributed by atoms with van der Waals surface area (Å²) in [6.07, 6.45) is 0.453. The molecule has 16 heavy (non-hydrogen) atoms. The van der Waals surface area contributed by atoms with Crippen molar-refractivity contribution in [2.24, 2.45) is 0 Å². The van der Waals surface area contributed by atoms with Crippen LogP contribution < -0.4 is 10.1 Å². The molecule has 1 heterocycles. The van der Waals surface area contributed by atoms with Crippen LogP contribution in [0.3, 0.4) is 0 Å². The highest BCUT2D eigenvalue weighted by Crippen LogP contribution is 2.21. The smallest absolute Gasteiger partial charge is 0.413 e. The van der Waals surface area contributed by atoms with Gasteiger partial charge in [-0.2, -0.15) is 4.98 Å². The van der Waals surface area contributed by atoms with E-state index in [-0.39, 0.29) is 11.8 Å². The molecule has 0 saturated carbocycles. The number of esters is 1. The zero-order valence-electron chi connectivity index (χ0n) is 8.98. The average molecular weight is 244 g/mol. The number of hydrogen-bond acceptors (Lipinski definition) is 6. The van der Waals surface area contributed by atoms with Gasteiger partial charge in [-0.25, -0.2) is 4.79 Å². The Hall–Kier alpha value is -1.63. The molecule has 0 spiro atoms. The van der Waals surface area contributed by atoms with Gasteiger partial charge in [0.15, 0.2) is 5.13 Å². The minimum Gasteiger partial charge on any atom is -0.453 e. The van der Waals surface area contributed by atoms with Gasteiger partial charge in [-0.15, -0.1) is 11.3 Å². The van der Waals surface area contributed by atoms with Crippen LogP contribution in [0.1, 0.15) is 19.8 Å². The van der Waals surface area contributed by atoms with E-state index in [1.165, 1.54) is 7.11 Å². The van der Waals surface area contributed by atoms with E-state index in [1.54, 1.807) is 5.38 Å². The van der Waals surface area contributed by atoms with E-state index in [1.807, 2.05) is 6.92 Å². The summed E-state index contributed by atoms with van der Waals surface area (Å²) in [4.78, 5) is 25.9. The predicted octanol–water partition coefficient (Wildman–Crippen LogP) is 2.03. The monoisotopic (exact) mass is 244 g/mol. The van der Waals surface area contributed by atoms with Gasteiger partial charge >= 0.3 is 12.1 Å². The maximum atomic E-state index is 11.1. The Bertz CT molecular complexity index is 377. The average Bonchev–Trinajstić information content (AvgIpc) is 2.65. The van der Waals surface area contributed by atoms with Gasteiger partial charge < -0.3 is 9.47 Å². The zero-order valence-corrected chi connectivity index (χ0v) is 9.80. The molecule has 1 aromatic heterocycles. The summed E-state index contributed by atoms with van der Waals surface area (Å²) in [5.74, 6) is -0.146. The Morgan fingerprint density at radius 1 is 1.56 bits per heavy atom. The van der Waals surface area contributed by atoms with Gasteiger partial charge in [0.2, 0.25) is 5.88 Å². The zero-order chi connectivity index (χ0) is 12.0. The Balaban J connectivity index is 2.51. The number of thiazole rings is 1. The predicted molar refractivity (Wildman–Crippen MR) is 58.7 cm³/mol. The standard InChI is InChI=1S/C9H12N2O4S/c1-3-4-7(12)15-6-5-16-8(10-6)11-9(13)14-2/h5H,3-4H2,1-2H3,(H,10,11,13). The topological polar surface area (TPSA) is 77.5 Å². The number of aromatic nitrogens is 1. The summed E-state index contributed by atoms with van der Waals surface area (Å²) >= 11 is 1.15. The van der Waals surface area contributed by atoms with Crippen LogP contribution >= 0.6 is 11.3 Å². The van der Waals surface area contributed by atoms with Crippen LogP contribution in [-0.2, 0) is 9.53 Å². The number of hydrogen-bond donors (Lipinski definition) is 1. The number of carbonyl (C=O) groups is 2. The molecule has 0 fully saturated rings. The number of carbonyl (C=O) groups excluding carboxylic acids is 2. The molecule has 0 unspecified atom stereocenters. The van der Waals surface area contributed by atoms with Gasteiger partial charge in [-0.3, -0.25) is 10.1 Å². The third-order valence-electron chi connectivity index (χ3n) is 1.55. The fourth-order valence-electron chi connectivity index (χ4n) is 0.873. The second-order valence-electron chi connectivity index (χ2n) is 2.83. The third kappa shape index (κ3) is 3.85. The Morgan fingerprint density at radius 2 is 2.31 bits per heavy atom. The summed E-state index contributed by atoms with van der Waals surface area (Å²) in [7, 11) is 1.26. The highest BCUT2D eigenvalue weighted by atomic mass is 32.1. The first-order valence-electron chi connectivity index (χ1n) is 4.67. The number of nitrogens with zero attached hydrogens (tertiary/aromatic N) is 1. The van der Waals surface area contributed by atoms with Crippen molar-refractivity contribution in [1.82, 2.24) is 4.98 Å². The minimum absolute atomic E-state index is 0.190. The van der Waals surface area contributed by atoms with Crippen molar-refractivity contribution >= 4 is 28.5 Å². The number of anilines is 1. The van der Waals surface area contributed by atoms with Gasteiger partial charge in [0, 0.05) is 6.42 Å². The van der Waals surface area contributed by atoms with E-state index in [4.69, 9.17) is 4.74 Å². The van der Waals surface area contributed by atoms with Crippen LogP contribution in [0.2, 0.25) is 0 Å². The van der Waals surface area contributed by atoms with Crippen molar-refractivity contribution in [1.29, 1.82) is 0 Å².